The number of carbonyl (C=O) groups is 2. The van der Waals surface area contributed by atoms with Crippen LogP contribution in [-0.2, 0) is 27.4 Å². The topological polar surface area (TPSA) is 49.9 Å². The second kappa shape index (κ2) is 10.7. The largest absolute Gasteiger partial charge is 0.385 e. The third-order valence-corrected chi connectivity index (χ3v) is 4.90. The van der Waals surface area contributed by atoms with Crippen molar-refractivity contribution in [3.05, 3.63) is 58.3 Å². The first kappa shape index (κ1) is 20.1. The minimum absolute atomic E-state index is 0.0464. The minimum Gasteiger partial charge on any atom is -0.385 e. The van der Waals surface area contributed by atoms with E-state index in [4.69, 9.17) is 4.74 Å². The summed E-state index contributed by atoms with van der Waals surface area (Å²) in [5, 5.41) is 2.01. The molecule has 1 heterocycles. The Labute approximate surface area is 159 Å². The van der Waals surface area contributed by atoms with E-state index in [9.17, 15) is 9.59 Å². The number of rotatable bonds is 10. The van der Waals surface area contributed by atoms with E-state index >= 15 is 0 Å². The summed E-state index contributed by atoms with van der Waals surface area (Å²) in [5.74, 6) is -0.139. The van der Waals surface area contributed by atoms with E-state index in [0.29, 0.717) is 32.7 Å². The zero-order valence-electron chi connectivity index (χ0n) is 15.4. The molecule has 0 aliphatic carbocycles. The lowest BCUT2D eigenvalue weighted by atomic mass is 10.2. The molecule has 26 heavy (non-hydrogen) atoms. The van der Waals surface area contributed by atoms with Gasteiger partial charge in [-0.25, -0.2) is 0 Å². The SMILES string of the molecule is COCCCN(CC(=O)N(Cc1ccccc1)Cc1cccs1)C(C)=O. The lowest BCUT2D eigenvalue weighted by molar-refractivity contribution is -0.140. The van der Waals surface area contributed by atoms with Crippen LogP contribution in [0.25, 0.3) is 0 Å². The molecule has 0 spiro atoms. The lowest BCUT2D eigenvalue weighted by Crippen LogP contribution is -2.42. The van der Waals surface area contributed by atoms with Crippen molar-refractivity contribution in [2.45, 2.75) is 26.4 Å². The molecule has 1 aromatic heterocycles. The molecule has 0 atom stereocenters. The predicted molar refractivity (Wildman–Crippen MR) is 104 cm³/mol. The number of hydrogen-bond donors (Lipinski definition) is 0. The Bertz CT molecular complexity index is 674. The quantitative estimate of drug-likeness (QED) is 0.600. The van der Waals surface area contributed by atoms with Crippen LogP contribution in [0.4, 0.5) is 0 Å². The third-order valence-electron chi connectivity index (χ3n) is 4.04. The van der Waals surface area contributed by atoms with Crippen molar-refractivity contribution in [1.82, 2.24) is 9.80 Å². The van der Waals surface area contributed by atoms with Crippen LogP contribution in [0.15, 0.2) is 47.8 Å². The van der Waals surface area contributed by atoms with Gasteiger partial charge in [-0.2, -0.15) is 0 Å². The van der Waals surface area contributed by atoms with Crippen LogP contribution in [0.2, 0.25) is 0 Å². The molecule has 6 heteroatoms. The first-order chi connectivity index (χ1) is 12.6. The van der Waals surface area contributed by atoms with Crippen molar-refractivity contribution in [2.24, 2.45) is 0 Å². The van der Waals surface area contributed by atoms with Crippen LogP contribution in [-0.4, -0.2) is 48.4 Å². The summed E-state index contributed by atoms with van der Waals surface area (Å²) in [6.07, 6.45) is 0.715. The Morgan fingerprint density at radius 3 is 2.42 bits per heavy atom. The van der Waals surface area contributed by atoms with E-state index in [1.165, 1.54) is 6.92 Å². The fraction of sp³-hybridized carbons (Fsp3) is 0.400. The second-order valence-corrected chi connectivity index (χ2v) is 7.13. The molecule has 0 N–H and O–H groups in total. The van der Waals surface area contributed by atoms with E-state index < -0.39 is 0 Å². The highest BCUT2D eigenvalue weighted by molar-refractivity contribution is 7.09. The molecule has 0 aliphatic heterocycles. The van der Waals surface area contributed by atoms with Crippen molar-refractivity contribution in [3.8, 4) is 0 Å². The van der Waals surface area contributed by atoms with Gasteiger partial charge >= 0.3 is 0 Å². The molecule has 0 fully saturated rings. The van der Waals surface area contributed by atoms with Crippen LogP contribution in [0, 0.1) is 0 Å². The first-order valence-corrected chi connectivity index (χ1v) is 9.56. The Balaban J connectivity index is 2.06. The molecule has 0 aliphatic rings. The zero-order valence-corrected chi connectivity index (χ0v) is 16.2. The number of hydrogen-bond acceptors (Lipinski definition) is 4. The average molecular weight is 375 g/mol. The van der Waals surface area contributed by atoms with Gasteiger partial charge in [0, 0.05) is 38.6 Å². The zero-order chi connectivity index (χ0) is 18.8. The highest BCUT2D eigenvalue weighted by atomic mass is 32.1. The summed E-state index contributed by atoms with van der Waals surface area (Å²) >= 11 is 1.63. The molecule has 0 bridgehead atoms. The van der Waals surface area contributed by atoms with Crippen molar-refractivity contribution < 1.29 is 14.3 Å². The van der Waals surface area contributed by atoms with Gasteiger partial charge in [0.05, 0.1) is 13.1 Å². The van der Waals surface area contributed by atoms with Crippen LogP contribution >= 0.6 is 11.3 Å². The maximum atomic E-state index is 12.9. The number of methoxy groups -OCH3 is 1. The standard InChI is InChI=1S/C20H26N2O3S/c1-17(23)21(11-7-12-25-2)16-20(24)22(15-19-10-6-13-26-19)14-18-8-4-3-5-9-18/h3-6,8-10,13H,7,11-12,14-16H2,1-2H3. The Hall–Kier alpha value is -2.18. The molecule has 0 unspecified atom stereocenters. The number of benzene rings is 1. The molecule has 0 saturated carbocycles. The van der Waals surface area contributed by atoms with Crippen molar-refractivity contribution in [3.63, 3.8) is 0 Å². The fourth-order valence-electron chi connectivity index (χ4n) is 2.64. The van der Waals surface area contributed by atoms with Crippen molar-refractivity contribution >= 4 is 23.2 Å². The van der Waals surface area contributed by atoms with Crippen LogP contribution in [0.5, 0.6) is 0 Å². The summed E-state index contributed by atoms with van der Waals surface area (Å²) in [4.78, 5) is 29.3. The number of amides is 2. The summed E-state index contributed by atoms with van der Waals surface area (Å²) in [6, 6.07) is 13.9. The van der Waals surface area contributed by atoms with E-state index in [1.807, 2.05) is 52.7 Å². The van der Waals surface area contributed by atoms with Gasteiger partial charge in [0.15, 0.2) is 0 Å². The highest BCUT2D eigenvalue weighted by Crippen LogP contribution is 2.15. The maximum absolute atomic E-state index is 12.9. The molecular weight excluding hydrogens is 348 g/mol. The molecular formula is C20H26N2O3S. The Morgan fingerprint density at radius 1 is 1.04 bits per heavy atom. The highest BCUT2D eigenvalue weighted by Gasteiger charge is 2.20. The van der Waals surface area contributed by atoms with E-state index in [0.717, 1.165) is 10.4 Å². The number of nitrogens with zero attached hydrogens (tertiary/aromatic N) is 2. The fourth-order valence-corrected chi connectivity index (χ4v) is 3.36. The Morgan fingerprint density at radius 2 is 1.81 bits per heavy atom. The molecule has 2 amide bonds. The molecule has 5 nitrogen and oxygen atoms in total. The van der Waals surface area contributed by atoms with Crippen molar-refractivity contribution in [2.75, 3.05) is 26.8 Å². The van der Waals surface area contributed by atoms with Gasteiger partial charge in [0.25, 0.3) is 0 Å². The van der Waals surface area contributed by atoms with Crippen LogP contribution in [0.1, 0.15) is 23.8 Å². The average Bonchev–Trinajstić information content (AvgIpc) is 3.14. The van der Waals surface area contributed by atoms with Gasteiger partial charge in [-0.3, -0.25) is 9.59 Å². The molecule has 0 saturated heterocycles. The van der Waals surface area contributed by atoms with Gasteiger partial charge in [-0.1, -0.05) is 36.4 Å². The first-order valence-electron chi connectivity index (χ1n) is 8.68. The van der Waals surface area contributed by atoms with E-state index in [2.05, 4.69) is 0 Å². The van der Waals surface area contributed by atoms with Crippen LogP contribution in [0.3, 0.4) is 0 Å². The molecule has 1 aromatic carbocycles. The monoisotopic (exact) mass is 374 g/mol. The molecule has 140 valence electrons. The van der Waals surface area contributed by atoms with Crippen LogP contribution < -0.4 is 0 Å². The number of ether oxygens (including phenoxy) is 1. The van der Waals surface area contributed by atoms with Gasteiger partial charge in [-0.05, 0) is 23.4 Å². The summed E-state index contributed by atoms with van der Waals surface area (Å²) in [7, 11) is 1.63. The summed E-state index contributed by atoms with van der Waals surface area (Å²) in [5.41, 5.74) is 1.08. The lowest BCUT2D eigenvalue weighted by Gasteiger charge is -2.27. The minimum atomic E-state index is -0.0924. The van der Waals surface area contributed by atoms with Gasteiger partial charge < -0.3 is 14.5 Å². The summed E-state index contributed by atoms with van der Waals surface area (Å²) < 4.78 is 5.04. The Kier molecular flexibility index (Phi) is 8.31. The molecule has 2 aromatic rings. The molecule has 2 rings (SSSR count). The number of thiophene rings is 1. The third kappa shape index (κ3) is 6.61. The number of carbonyl (C=O) groups excluding carboxylic acids is 2. The molecule has 0 radical (unpaired) electrons. The normalized spacial score (nSPS) is 10.5. The van der Waals surface area contributed by atoms with Gasteiger partial charge in [-0.15, -0.1) is 11.3 Å². The second-order valence-electron chi connectivity index (χ2n) is 6.10. The van der Waals surface area contributed by atoms with Gasteiger partial charge in [0.1, 0.15) is 0 Å². The summed E-state index contributed by atoms with van der Waals surface area (Å²) in [6.45, 7) is 3.77. The predicted octanol–water partition coefficient (Wildman–Crippen LogP) is 3.16. The maximum Gasteiger partial charge on any atom is 0.242 e. The van der Waals surface area contributed by atoms with E-state index in [-0.39, 0.29) is 18.4 Å². The smallest absolute Gasteiger partial charge is 0.242 e. The van der Waals surface area contributed by atoms with Gasteiger partial charge in [0.2, 0.25) is 11.8 Å². The van der Waals surface area contributed by atoms with Crippen molar-refractivity contribution in [1.29, 1.82) is 0 Å². The van der Waals surface area contributed by atoms with E-state index in [1.54, 1.807) is 23.3 Å².